The number of hydrogen-bond donors (Lipinski definition) is 1. The van der Waals surface area contributed by atoms with Crippen molar-refractivity contribution in [1.29, 1.82) is 0 Å². The zero-order chi connectivity index (χ0) is 18.4. The molecule has 4 nitrogen and oxygen atoms in total. The first-order chi connectivity index (χ1) is 11.9. The fraction of sp³-hybridized carbons (Fsp3) is 0.350. The summed E-state index contributed by atoms with van der Waals surface area (Å²) in [6, 6.07) is 11.4. The standard InChI is InChI=1S/C20H24FNO3/c1-5-18(15-6-11-19(24-4)13(2)12-15)22-20(23)14(3)25-17-9-7-16(21)8-10-17/h6-12,14,18H,5H2,1-4H3,(H,22,23). The number of amides is 1. The smallest absolute Gasteiger partial charge is 0.261 e. The van der Waals surface area contributed by atoms with Crippen molar-refractivity contribution in [1.82, 2.24) is 5.32 Å². The summed E-state index contributed by atoms with van der Waals surface area (Å²) in [5.41, 5.74) is 2.03. The van der Waals surface area contributed by atoms with Gasteiger partial charge in [0.15, 0.2) is 6.10 Å². The number of carbonyl (C=O) groups is 1. The molecule has 0 spiro atoms. The fourth-order valence-corrected chi connectivity index (χ4v) is 2.60. The van der Waals surface area contributed by atoms with Crippen LogP contribution in [0, 0.1) is 12.7 Å². The second-order valence-electron chi connectivity index (χ2n) is 5.91. The Bertz CT molecular complexity index is 715. The zero-order valence-electron chi connectivity index (χ0n) is 15.0. The van der Waals surface area contributed by atoms with Crippen molar-refractivity contribution < 1.29 is 18.7 Å². The Morgan fingerprint density at radius 1 is 1.20 bits per heavy atom. The maximum atomic E-state index is 12.9. The van der Waals surface area contributed by atoms with Crippen LogP contribution in [0.2, 0.25) is 0 Å². The second kappa shape index (κ2) is 8.51. The Morgan fingerprint density at radius 3 is 2.44 bits per heavy atom. The minimum atomic E-state index is -0.682. The highest BCUT2D eigenvalue weighted by molar-refractivity contribution is 5.81. The molecule has 1 N–H and O–H groups in total. The van der Waals surface area contributed by atoms with Crippen LogP contribution >= 0.6 is 0 Å². The van der Waals surface area contributed by atoms with Gasteiger partial charge >= 0.3 is 0 Å². The Labute approximate surface area is 148 Å². The lowest BCUT2D eigenvalue weighted by Crippen LogP contribution is -2.38. The summed E-state index contributed by atoms with van der Waals surface area (Å²) in [6.45, 7) is 5.65. The lowest BCUT2D eigenvalue weighted by Gasteiger charge is -2.21. The molecule has 134 valence electrons. The number of halogens is 1. The van der Waals surface area contributed by atoms with Crippen molar-refractivity contribution in [3.8, 4) is 11.5 Å². The highest BCUT2D eigenvalue weighted by atomic mass is 19.1. The molecule has 2 aromatic carbocycles. The molecule has 2 rings (SSSR count). The average molecular weight is 345 g/mol. The minimum Gasteiger partial charge on any atom is -0.496 e. The van der Waals surface area contributed by atoms with Gasteiger partial charge in [-0.25, -0.2) is 4.39 Å². The highest BCUT2D eigenvalue weighted by Crippen LogP contribution is 2.24. The summed E-state index contributed by atoms with van der Waals surface area (Å²) < 4.78 is 23.8. The third-order valence-electron chi connectivity index (χ3n) is 4.04. The summed E-state index contributed by atoms with van der Waals surface area (Å²) in [7, 11) is 1.63. The van der Waals surface area contributed by atoms with E-state index in [0.717, 1.165) is 23.3 Å². The van der Waals surface area contributed by atoms with Gasteiger partial charge in [0.25, 0.3) is 5.91 Å². The summed E-state index contributed by atoms with van der Waals surface area (Å²) in [5, 5.41) is 3.00. The Balaban J connectivity index is 2.03. The van der Waals surface area contributed by atoms with Crippen molar-refractivity contribution in [2.24, 2.45) is 0 Å². The first-order valence-corrected chi connectivity index (χ1v) is 8.31. The number of carbonyl (C=O) groups excluding carboxylic acids is 1. The summed E-state index contributed by atoms with van der Waals surface area (Å²) in [6.07, 6.45) is 0.0692. The molecule has 0 saturated carbocycles. The van der Waals surface area contributed by atoms with E-state index in [0.29, 0.717) is 5.75 Å². The normalized spacial score (nSPS) is 13.0. The fourth-order valence-electron chi connectivity index (χ4n) is 2.60. The topological polar surface area (TPSA) is 47.6 Å². The van der Waals surface area contributed by atoms with E-state index in [1.807, 2.05) is 32.0 Å². The molecule has 0 aliphatic heterocycles. The molecule has 0 aliphatic carbocycles. The van der Waals surface area contributed by atoms with Crippen LogP contribution in [0.25, 0.3) is 0 Å². The van der Waals surface area contributed by atoms with Crippen LogP contribution < -0.4 is 14.8 Å². The quantitative estimate of drug-likeness (QED) is 0.819. The molecule has 0 radical (unpaired) electrons. The van der Waals surface area contributed by atoms with Gasteiger partial charge in [-0.2, -0.15) is 0 Å². The lowest BCUT2D eigenvalue weighted by atomic mass is 10.0. The maximum Gasteiger partial charge on any atom is 0.261 e. The van der Waals surface area contributed by atoms with Crippen molar-refractivity contribution in [2.45, 2.75) is 39.3 Å². The summed E-state index contributed by atoms with van der Waals surface area (Å²) in [4.78, 5) is 12.4. The van der Waals surface area contributed by atoms with E-state index in [4.69, 9.17) is 9.47 Å². The largest absolute Gasteiger partial charge is 0.496 e. The molecule has 0 bridgehead atoms. The molecule has 2 unspecified atom stereocenters. The molecule has 0 fully saturated rings. The predicted octanol–water partition coefficient (Wildman–Crippen LogP) is 4.18. The van der Waals surface area contributed by atoms with Gasteiger partial charge in [0.05, 0.1) is 13.2 Å². The number of benzene rings is 2. The van der Waals surface area contributed by atoms with E-state index in [2.05, 4.69) is 5.32 Å². The van der Waals surface area contributed by atoms with E-state index in [-0.39, 0.29) is 17.8 Å². The number of ether oxygens (including phenoxy) is 2. The van der Waals surface area contributed by atoms with E-state index >= 15 is 0 Å². The average Bonchev–Trinajstić information content (AvgIpc) is 2.61. The Morgan fingerprint density at radius 2 is 1.88 bits per heavy atom. The van der Waals surface area contributed by atoms with Gasteiger partial charge in [0.2, 0.25) is 0 Å². The highest BCUT2D eigenvalue weighted by Gasteiger charge is 2.20. The number of nitrogens with one attached hydrogen (secondary N) is 1. The van der Waals surface area contributed by atoms with E-state index in [9.17, 15) is 9.18 Å². The molecule has 0 heterocycles. The molecule has 0 aromatic heterocycles. The van der Waals surface area contributed by atoms with Gasteiger partial charge in [-0.15, -0.1) is 0 Å². The monoisotopic (exact) mass is 345 g/mol. The van der Waals surface area contributed by atoms with E-state index in [1.54, 1.807) is 14.0 Å². The van der Waals surface area contributed by atoms with Crippen LogP contribution in [0.3, 0.4) is 0 Å². The molecular weight excluding hydrogens is 321 g/mol. The minimum absolute atomic E-state index is 0.114. The van der Waals surface area contributed by atoms with E-state index < -0.39 is 6.10 Å². The number of hydrogen-bond acceptors (Lipinski definition) is 3. The number of rotatable bonds is 7. The van der Waals surface area contributed by atoms with Crippen molar-refractivity contribution in [3.05, 3.63) is 59.4 Å². The van der Waals surface area contributed by atoms with Gasteiger partial charge in [-0.1, -0.05) is 19.1 Å². The molecule has 2 atom stereocenters. The number of aryl methyl sites for hydroxylation is 1. The molecular formula is C20H24FNO3. The van der Waals surface area contributed by atoms with Crippen LogP contribution in [0.5, 0.6) is 11.5 Å². The summed E-state index contributed by atoms with van der Waals surface area (Å²) in [5.74, 6) is 0.713. The van der Waals surface area contributed by atoms with Crippen LogP contribution in [0.15, 0.2) is 42.5 Å². The third-order valence-corrected chi connectivity index (χ3v) is 4.04. The molecule has 0 saturated heterocycles. The van der Waals surface area contributed by atoms with Gasteiger partial charge in [-0.05, 0) is 61.7 Å². The zero-order valence-corrected chi connectivity index (χ0v) is 15.0. The number of methoxy groups -OCH3 is 1. The Kier molecular flexibility index (Phi) is 6.39. The third kappa shape index (κ3) is 4.95. The first kappa shape index (κ1) is 18.8. The second-order valence-corrected chi connectivity index (χ2v) is 5.91. The van der Waals surface area contributed by atoms with Crippen LogP contribution in [-0.4, -0.2) is 19.1 Å². The first-order valence-electron chi connectivity index (χ1n) is 8.31. The van der Waals surface area contributed by atoms with Crippen molar-refractivity contribution in [2.75, 3.05) is 7.11 Å². The van der Waals surface area contributed by atoms with Crippen LogP contribution in [0.1, 0.15) is 37.4 Å². The van der Waals surface area contributed by atoms with Crippen molar-refractivity contribution in [3.63, 3.8) is 0 Å². The van der Waals surface area contributed by atoms with E-state index in [1.165, 1.54) is 24.3 Å². The van der Waals surface area contributed by atoms with Gasteiger partial charge in [0, 0.05) is 0 Å². The molecule has 0 aliphatic rings. The maximum absolute atomic E-state index is 12.9. The summed E-state index contributed by atoms with van der Waals surface area (Å²) >= 11 is 0. The molecule has 1 amide bonds. The molecule has 2 aromatic rings. The van der Waals surface area contributed by atoms with Gasteiger partial charge in [-0.3, -0.25) is 4.79 Å². The lowest BCUT2D eigenvalue weighted by molar-refractivity contribution is -0.128. The van der Waals surface area contributed by atoms with Gasteiger partial charge < -0.3 is 14.8 Å². The molecule has 25 heavy (non-hydrogen) atoms. The predicted molar refractivity (Wildman–Crippen MR) is 95.4 cm³/mol. The van der Waals surface area contributed by atoms with Crippen LogP contribution in [0.4, 0.5) is 4.39 Å². The van der Waals surface area contributed by atoms with Gasteiger partial charge in [0.1, 0.15) is 17.3 Å². The SMILES string of the molecule is CCC(NC(=O)C(C)Oc1ccc(F)cc1)c1ccc(OC)c(C)c1. The Hall–Kier alpha value is -2.56. The van der Waals surface area contributed by atoms with Crippen LogP contribution in [-0.2, 0) is 4.79 Å². The van der Waals surface area contributed by atoms with Crippen molar-refractivity contribution >= 4 is 5.91 Å². The molecule has 5 heteroatoms.